The second-order valence-electron chi connectivity index (χ2n) is 6.03. The molecule has 5 heteroatoms. The molecular formula is C17H27ClN2O2. The highest BCUT2D eigenvalue weighted by Gasteiger charge is 2.19. The van der Waals surface area contributed by atoms with Gasteiger partial charge in [0.1, 0.15) is 0 Å². The van der Waals surface area contributed by atoms with E-state index in [0.29, 0.717) is 18.8 Å². The van der Waals surface area contributed by atoms with Crippen LogP contribution in [0.3, 0.4) is 0 Å². The van der Waals surface area contributed by atoms with Crippen molar-refractivity contribution in [1.82, 2.24) is 10.6 Å². The third-order valence-corrected chi connectivity index (χ3v) is 4.10. The van der Waals surface area contributed by atoms with Gasteiger partial charge in [-0.1, -0.05) is 30.3 Å². The Kier molecular flexibility index (Phi) is 8.46. The summed E-state index contributed by atoms with van der Waals surface area (Å²) < 4.78 is 0. The number of piperidine rings is 1. The van der Waals surface area contributed by atoms with Crippen LogP contribution in [0.2, 0.25) is 0 Å². The number of benzene rings is 1. The molecule has 0 saturated carbocycles. The Labute approximate surface area is 139 Å². The number of hydrogen-bond acceptors (Lipinski definition) is 3. The second-order valence-corrected chi connectivity index (χ2v) is 6.03. The van der Waals surface area contributed by atoms with Crippen LogP contribution >= 0.6 is 12.4 Å². The number of aliphatic hydroxyl groups excluding tert-OH is 1. The predicted molar refractivity (Wildman–Crippen MR) is 91.1 cm³/mol. The summed E-state index contributed by atoms with van der Waals surface area (Å²) >= 11 is 0. The normalized spacial score (nSPS) is 18.1. The molecule has 124 valence electrons. The van der Waals surface area contributed by atoms with Crippen molar-refractivity contribution in [3.05, 3.63) is 35.9 Å². The van der Waals surface area contributed by atoms with Crippen LogP contribution in [0.15, 0.2) is 30.3 Å². The Hall–Kier alpha value is -1.10. The van der Waals surface area contributed by atoms with E-state index in [0.717, 1.165) is 31.5 Å². The van der Waals surface area contributed by atoms with Crippen molar-refractivity contribution >= 4 is 18.3 Å². The highest BCUT2D eigenvalue weighted by Crippen LogP contribution is 2.19. The van der Waals surface area contributed by atoms with Gasteiger partial charge in [-0.05, 0) is 50.8 Å². The van der Waals surface area contributed by atoms with Crippen LogP contribution in [-0.2, 0) is 4.79 Å². The van der Waals surface area contributed by atoms with E-state index in [1.54, 1.807) is 0 Å². The molecule has 2 rings (SSSR count). The van der Waals surface area contributed by atoms with Crippen molar-refractivity contribution in [3.63, 3.8) is 0 Å². The molecule has 4 nitrogen and oxygen atoms in total. The molecule has 1 aliphatic rings. The molecule has 0 spiro atoms. The van der Waals surface area contributed by atoms with Crippen LogP contribution < -0.4 is 10.6 Å². The number of nitrogens with one attached hydrogen (secondary N) is 2. The molecule has 22 heavy (non-hydrogen) atoms. The number of halogens is 1. The molecule has 1 aliphatic heterocycles. The summed E-state index contributed by atoms with van der Waals surface area (Å²) in [5.41, 5.74) is 0.900. The minimum absolute atomic E-state index is 0. The van der Waals surface area contributed by atoms with Crippen LogP contribution in [0.1, 0.15) is 44.3 Å². The maximum Gasteiger partial charge on any atom is 0.220 e. The molecule has 2 atom stereocenters. The van der Waals surface area contributed by atoms with Crippen LogP contribution in [0.5, 0.6) is 0 Å². The third kappa shape index (κ3) is 6.34. The van der Waals surface area contributed by atoms with E-state index in [1.807, 2.05) is 37.3 Å². The Balaban J connectivity index is 0.00000242. The summed E-state index contributed by atoms with van der Waals surface area (Å²) in [6.45, 7) is 3.98. The molecule has 2 unspecified atom stereocenters. The Morgan fingerprint density at radius 3 is 2.59 bits per heavy atom. The van der Waals surface area contributed by atoms with E-state index >= 15 is 0 Å². The average Bonchev–Trinajstić information content (AvgIpc) is 2.48. The van der Waals surface area contributed by atoms with Gasteiger partial charge >= 0.3 is 0 Å². The Morgan fingerprint density at radius 1 is 1.32 bits per heavy atom. The summed E-state index contributed by atoms with van der Waals surface area (Å²) in [5.74, 6) is 0.604. The first kappa shape index (κ1) is 18.9. The molecule has 1 aromatic rings. The van der Waals surface area contributed by atoms with Gasteiger partial charge in [0.15, 0.2) is 0 Å². The molecule has 1 amide bonds. The van der Waals surface area contributed by atoms with E-state index in [1.165, 1.54) is 0 Å². The smallest absolute Gasteiger partial charge is 0.220 e. The summed E-state index contributed by atoms with van der Waals surface area (Å²) in [7, 11) is 0. The van der Waals surface area contributed by atoms with Crippen molar-refractivity contribution in [3.8, 4) is 0 Å². The highest BCUT2D eigenvalue weighted by molar-refractivity contribution is 5.85. The first-order valence-corrected chi connectivity index (χ1v) is 7.88. The highest BCUT2D eigenvalue weighted by atomic mass is 35.5. The van der Waals surface area contributed by atoms with Gasteiger partial charge in [-0.15, -0.1) is 12.4 Å². The summed E-state index contributed by atoms with van der Waals surface area (Å²) in [4.78, 5) is 12.0. The number of carbonyl (C=O) groups is 1. The van der Waals surface area contributed by atoms with E-state index in [4.69, 9.17) is 0 Å². The topological polar surface area (TPSA) is 61.4 Å². The lowest BCUT2D eigenvalue weighted by Crippen LogP contribution is -2.36. The molecule has 1 fully saturated rings. The SMILES string of the molecule is CC(CC(O)c1ccccc1)NC(=O)CC1CCNCC1.Cl. The zero-order valence-corrected chi connectivity index (χ0v) is 13.9. The van der Waals surface area contributed by atoms with Crippen LogP contribution in [0.25, 0.3) is 0 Å². The first-order valence-electron chi connectivity index (χ1n) is 7.88. The van der Waals surface area contributed by atoms with Gasteiger partial charge in [0.2, 0.25) is 5.91 Å². The number of hydrogen-bond donors (Lipinski definition) is 3. The van der Waals surface area contributed by atoms with Gasteiger partial charge in [-0.25, -0.2) is 0 Å². The van der Waals surface area contributed by atoms with Gasteiger partial charge in [-0.2, -0.15) is 0 Å². The van der Waals surface area contributed by atoms with Gasteiger partial charge < -0.3 is 15.7 Å². The molecular weight excluding hydrogens is 300 g/mol. The summed E-state index contributed by atoms with van der Waals surface area (Å²) in [6, 6.07) is 9.57. The Bertz CT molecular complexity index is 436. The largest absolute Gasteiger partial charge is 0.388 e. The van der Waals surface area contributed by atoms with Gasteiger partial charge in [0, 0.05) is 12.5 Å². The second kappa shape index (κ2) is 9.82. The molecule has 0 aromatic heterocycles. The monoisotopic (exact) mass is 326 g/mol. The van der Waals surface area contributed by atoms with E-state index in [2.05, 4.69) is 10.6 Å². The van der Waals surface area contributed by atoms with Crippen molar-refractivity contribution in [1.29, 1.82) is 0 Å². The fraction of sp³-hybridized carbons (Fsp3) is 0.588. The van der Waals surface area contributed by atoms with Crippen LogP contribution in [-0.4, -0.2) is 30.1 Å². The predicted octanol–water partition coefficient (Wildman–Crippen LogP) is 2.43. The zero-order chi connectivity index (χ0) is 15.1. The number of aliphatic hydroxyl groups is 1. The quantitative estimate of drug-likeness (QED) is 0.752. The summed E-state index contributed by atoms with van der Waals surface area (Å²) in [6.07, 6.45) is 2.78. The van der Waals surface area contributed by atoms with E-state index in [-0.39, 0.29) is 24.4 Å². The van der Waals surface area contributed by atoms with Gasteiger partial charge in [-0.3, -0.25) is 4.79 Å². The van der Waals surface area contributed by atoms with E-state index < -0.39 is 6.10 Å². The van der Waals surface area contributed by atoms with Crippen molar-refractivity contribution in [2.75, 3.05) is 13.1 Å². The standard InChI is InChI=1S/C17H26N2O2.ClH/c1-13(11-16(20)15-5-3-2-4-6-15)19-17(21)12-14-7-9-18-10-8-14;/h2-6,13-14,16,18,20H,7-12H2,1H3,(H,19,21);1H. The molecule has 1 aromatic carbocycles. The fourth-order valence-corrected chi connectivity index (χ4v) is 2.89. The average molecular weight is 327 g/mol. The van der Waals surface area contributed by atoms with Crippen molar-refractivity contribution in [2.45, 2.75) is 44.8 Å². The molecule has 1 heterocycles. The number of rotatable bonds is 6. The lowest BCUT2D eigenvalue weighted by Gasteiger charge is -2.23. The molecule has 0 radical (unpaired) electrons. The van der Waals surface area contributed by atoms with Crippen LogP contribution in [0.4, 0.5) is 0 Å². The lowest BCUT2D eigenvalue weighted by atomic mass is 9.94. The van der Waals surface area contributed by atoms with Gasteiger partial charge in [0.25, 0.3) is 0 Å². The van der Waals surface area contributed by atoms with Crippen molar-refractivity contribution in [2.24, 2.45) is 5.92 Å². The zero-order valence-electron chi connectivity index (χ0n) is 13.1. The van der Waals surface area contributed by atoms with E-state index in [9.17, 15) is 9.90 Å². The maximum atomic E-state index is 12.0. The van der Waals surface area contributed by atoms with Crippen LogP contribution in [0, 0.1) is 5.92 Å². The van der Waals surface area contributed by atoms with Gasteiger partial charge in [0.05, 0.1) is 6.10 Å². The molecule has 3 N–H and O–H groups in total. The first-order chi connectivity index (χ1) is 10.1. The third-order valence-electron chi connectivity index (χ3n) is 4.10. The van der Waals surface area contributed by atoms with Crippen molar-refractivity contribution < 1.29 is 9.90 Å². The minimum Gasteiger partial charge on any atom is -0.388 e. The molecule has 0 aliphatic carbocycles. The Morgan fingerprint density at radius 2 is 1.95 bits per heavy atom. The number of amides is 1. The molecule has 1 saturated heterocycles. The number of carbonyl (C=O) groups excluding carboxylic acids is 1. The minimum atomic E-state index is -0.527. The summed E-state index contributed by atoms with van der Waals surface area (Å²) in [5, 5.41) is 16.5. The lowest BCUT2D eigenvalue weighted by molar-refractivity contribution is -0.123. The molecule has 0 bridgehead atoms. The maximum absolute atomic E-state index is 12.0. The fourth-order valence-electron chi connectivity index (χ4n) is 2.89.